The largest absolute Gasteiger partial charge is 0.480 e. The Morgan fingerprint density at radius 3 is 2.84 bits per heavy atom. The quantitative estimate of drug-likeness (QED) is 0.867. The maximum atomic E-state index is 11.2. The molecule has 2 rings (SSSR count). The van der Waals surface area contributed by atoms with Crippen LogP contribution in [-0.4, -0.2) is 30.3 Å². The van der Waals surface area contributed by atoms with Gasteiger partial charge in [0, 0.05) is 6.42 Å². The van der Waals surface area contributed by atoms with Crippen molar-refractivity contribution >= 4 is 17.6 Å². The van der Waals surface area contributed by atoms with Crippen LogP contribution in [0.25, 0.3) is 5.57 Å². The van der Waals surface area contributed by atoms with Crippen LogP contribution in [0.15, 0.2) is 30.3 Å². The summed E-state index contributed by atoms with van der Waals surface area (Å²) in [5.41, 5.74) is 3.18. The van der Waals surface area contributed by atoms with Crippen molar-refractivity contribution in [2.75, 3.05) is 7.11 Å². The molecule has 1 amide bonds. The highest BCUT2D eigenvalue weighted by molar-refractivity contribution is 5.84. The number of carboxylic acid groups (broad SMARTS) is 1. The van der Waals surface area contributed by atoms with Crippen LogP contribution in [0, 0.1) is 0 Å². The molecular formula is C14H15NO4. The van der Waals surface area contributed by atoms with Gasteiger partial charge in [-0.3, -0.25) is 0 Å². The Balaban J connectivity index is 2.11. The number of benzene rings is 1. The molecule has 19 heavy (non-hydrogen) atoms. The fraction of sp³-hybridized carbons (Fsp3) is 0.286. The molecular weight excluding hydrogens is 246 g/mol. The fourth-order valence-electron chi connectivity index (χ4n) is 2.17. The zero-order valence-electron chi connectivity index (χ0n) is 10.6. The van der Waals surface area contributed by atoms with Gasteiger partial charge in [-0.15, -0.1) is 0 Å². The van der Waals surface area contributed by atoms with Crippen LogP contribution < -0.4 is 5.32 Å². The van der Waals surface area contributed by atoms with Crippen molar-refractivity contribution in [2.45, 2.75) is 18.9 Å². The molecule has 1 aromatic rings. The highest BCUT2D eigenvalue weighted by Gasteiger charge is 2.24. The summed E-state index contributed by atoms with van der Waals surface area (Å²) in [6, 6.07) is 6.87. The molecule has 5 heteroatoms. The van der Waals surface area contributed by atoms with Crippen molar-refractivity contribution in [3.05, 3.63) is 41.5 Å². The number of hydrogen-bond acceptors (Lipinski definition) is 3. The summed E-state index contributed by atoms with van der Waals surface area (Å²) < 4.78 is 4.43. The summed E-state index contributed by atoms with van der Waals surface area (Å²) in [6.45, 7) is 0. The van der Waals surface area contributed by atoms with Gasteiger partial charge < -0.3 is 15.2 Å². The van der Waals surface area contributed by atoms with Crippen LogP contribution >= 0.6 is 0 Å². The van der Waals surface area contributed by atoms with E-state index in [9.17, 15) is 9.59 Å². The first-order valence-corrected chi connectivity index (χ1v) is 5.96. The molecule has 1 atom stereocenters. The topological polar surface area (TPSA) is 75.6 Å². The van der Waals surface area contributed by atoms with Crippen LogP contribution in [0.5, 0.6) is 0 Å². The van der Waals surface area contributed by atoms with Crippen LogP contribution in [0.3, 0.4) is 0 Å². The number of fused-ring (bicyclic) bond motifs is 1. The third kappa shape index (κ3) is 2.93. The summed E-state index contributed by atoms with van der Waals surface area (Å²) in [5, 5.41) is 11.5. The van der Waals surface area contributed by atoms with Crippen LogP contribution in [0.1, 0.15) is 17.5 Å². The molecule has 1 aliphatic carbocycles. The molecule has 0 saturated heterocycles. The average Bonchev–Trinajstić information content (AvgIpc) is 2.81. The number of hydrogen-bond donors (Lipinski definition) is 2. The Morgan fingerprint density at radius 2 is 2.16 bits per heavy atom. The Hall–Kier alpha value is -2.30. The predicted octanol–water partition coefficient (Wildman–Crippen LogP) is 1.83. The van der Waals surface area contributed by atoms with E-state index in [1.807, 2.05) is 30.3 Å². The van der Waals surface area contributed by atoms with Gasteiger partial charge in [-0.05, 0) is 23.1 Å². The van der Waals surface area contributed by atoms with Gasteiger partial charge in [-0.25, -0.2) is 9.59 Å². The van der Waals surface area contributed by atoms with E-state index in [0.717, 1.165) is 17.6 Å². The number of allylic oxidation sites excluding steroid dienone is 1. The lowest BCUT2D eigenvalue weighted by Crippen LogP contribution is -2.40. The number of carboxylic acids is 1. The maximum absolute atomic E-state index is 11.2. The first kappa shape index (κ1) is 13.1. The summed E-state index contributed by atoms with van der Waals surface area (Å²) in [5.74, 6) is -1.07. The van der Waals surface area contributed by atoms with Crippen molar-refractivity contribution in [1.82, 2.24) is 5.32 Å². The van der Waals surface area contributed by atoms with Gasteiger partial charge in [-0.1, -0.05) is 30.3 Å². The molecule has 2 N–H and O–H groups in total. The summed E-state index contributed by atoms with van der Waals surface area (Å²) in [7, 11) is 1.21. The Kier molecular flexibility index (Phi) is 3.85. The minimum absolute atomic E-state index is 0.251. The van der Waals surface area contributed by atoms with Crippen molar-refractivity contribution in [3.8, 4) is 0 Å². The monoisotopic (exact) mass is 261 g/mol. The van der Waals surface area contributed by atoms with Crippen molar-refractivity contribution in [2.24, 2.45) is 0 Å². The molecule has 0 spiro atoms. The SMILES string of the molecule is COC(=O)N[C@@H](CC1=CCc2ccccc21)C(=O)O. The van der Waals surface area contributed by atoms with Crippen molar-refractivity contribution in [1.29, 1.82) is 0 Å². The molecule has 5 nitrogen and oxygen atoms in total. The van der Waals surface area contributed by atoms with Gasteiger partial charge in [-0.2, -0.15) is 0 Å². The number of nitrogens with one attached hydrogen (secondary N) is 1. The van der Waals surface area contributed by atoms with Crippen LogP contribution in [-0.2, 0) is 16.0 Å². The second kappa shape index (κ2) is 5.56. The van der Waals surface area contributed by atoms with E-state index in [-0.39, 0.29) is 6.42 Å². The molecule has 0 unspecified atom stereocenters. The van der Waals surface area contributed by atoms with Crippen molar-refractivity contribution in [3.63, 3.8) is 0 Å². The first-order chi connectivity index (χ1) is 9.11. The average molecular weight is 261 g/mol. The predicted molar refractivity (Wildman–Crippen MR) is 69.7 cm³/mol. The number of ether oxygens (including phenoxy) is 1. The second-order valence-electron chi connectivity index (χ2n) is 4.32. The number of methoxy groups -OCH3 is 1. The molecule has 0 fully saturated rings. The molecule has 0 heterocycles. The fourth-order valence-corrected chi connectivity index (χ4v) is 2.17. The molecule has 100 valence electrons. The molecule has 0 aromatic heterocycles. The number of carbonyl (C=O) groups is 2. The highest BCUT2D eigenvalue weighted by Crippen LogP contribution is 2.30. The second-order valence-corrected chi connectivity index (χ2v) is 4.32. The number of alkyl carbamates (subject to hydrolysis) is 1. The summed E-state index contributed by atoms with van der Waals surface area (Å²) in [6.07, 6.45) is 2.32. The van der Waals surface area contributed by atoms with Gasteiger partial charge >= 0.3 is 12.1 Å². The molecule has 1 aliphatic rings. The Labute approximate surface area is 110 Å². The lowest BCUT2D eigenvalue weighted by Gasteiger charge is -2.15. The smallest absolute Gasteiger partial charge is 0.407 e. The van der Waals surface area contributed by atoms with Gasteiger partial charge in [0.1, 0.15) is 6.04 Å². The molecule has 0 aliphatic heterocycles. The normalized spacial score (nSPS) is 14.3. The zero-order valence-corrected chi connectivity index (χ0v) is 10.6. The Morgan fingerprint density at radius 1 is 1.42 bits per heavy atom. The minimum Gasteiger partial charge on any atom is -0.480 e. The van der Waals surface area contributed by atoms with E-state index in [1.54, 1.807) is 0 Å². The minimum atomic E-state index is -1.07. The lowest BCUT2D eigenvalue weighted by molar-refractivity contribution is -0.139. The van der Waals surface area contributed by atoms with Crippen LogP contribution in [0.4, 0.5) is 4.79 Å². The molecule has 1 aromatic carbocycles. The van der Waals surface area contributed by atoms with E-state index in [1.165, 1.54) is 12.7 Å². The maximum Gasteiger partial charge on any atom is 0.407 e. The molecule has 0 bridgehead atoms. The molecule has 0 radical (unpaired) electrons. The van der Waals surface area contributed by atoms with Crippen LogP contribution in [0.2, 0.25) is 0 Å². The van der Waals surface area contributed by atoms with E-state index in [4.69, 9.17) is 5.11 Å². The van der Waals surface area contributed by atoms with E-state index in [2.05, 4.69) is 10.1 Å². The summed E-state index contributed by atoms with van der Waals surface area (Å²) in [4.78, 5) is 22.3. The number of carbonyl (C=O) groups excluding carboxylic acids is 1. The van der Waals surface area contributed by atoms with E-state index >= 15 is 0 Å². The van der Waals surface area contributed by atoms with E-state index < -0.39 is 18.1 Å². The zero-order chi connectivity index (χ0) is 13.8. The first-order valence-electron chi connectivity index (χ1n) is 5.96. The third-order valence-corrected chi connectivity index (χ3v) is 3.13. The van der Waals surface area contributed by atoms with Gasteiger partial charge in [0.25, 0.3) is 0 Å². The Bertz CT molecular complexity index is 536. The number of amides is 1. The van der Waals surface area contributed by atoms with E-state index in [0.29, 0.717) is 0 Å². The molecule has 0 saturated carbocycles. The van der Waals surface area contributed by atoms with Crippen molar-refractivity contribution < 1.29 is 19.4 Å². The van der Waals surface area contributed by atoms with Gasteiger partial charge in [0.15, 0.2) is 0 Å². The van der Waals surface area contributed by atoms with Gasteiger partial charge in [0.2, 0.25) is 0 Å². The number of rotatable bonds is 4. The van der Waals surface area contributed by atoms with Gasteiger partial charge in [0.05, 0.1) is 7.11 Å². The third-order valence-electron chi connectivity index (χ3n) is 3.13. The highest BCUT2D eigenvalue weighted by atomic mass is 16.5. The lowest BCUT2D eigenvalue weighted by atomic mass is 10.00. The number of aliphatic carboxylic acids is 1. The summed E-state index contributed by atoms with van der Waals surface area (Å²) >= 11 is 0. The standard InChI is InChI=1S/C14H15NO4/c1-19-14(18)15-12(13(16)17)8-10-7-6-9-4-2-3-5-11(9)10/h2-5,7,12H,6,8H2,1H3,(H,15,18)(H,16,17)/t12-/m0/s1.